The van der Waals surface area contributed by atoms with Gasteiger partial charge in [-0.1, -0.05) is 24.3 Å². The standard InChI is InChI=1S/C18H16N2O3S/c1-23-17(21)8-9-19-18(22)13-11-15(16-7-4-10-24-16)20-14-6-3-2-5-12(13)14/h2-7,10-11H,8-9H2,1H3,(H,19,22). The molecular formula is C18H16N2O3S. The fourth-order valence-electron chi connectivity index (χ4n) is 2.39. The van der Waals surface area contributed by atoms with Gasteiger partial charge in [-0.15, -0.1) is 11.3 Å². The first-order valence-electron chi connectivity index (χ1n) is 7.47. The minimum atomic E-state index is -0.353. The average molecular weight is 340 g/mol. The molecule has 5 nitrogen and oxygen atoms in total. The highest BCUT2D eigenvalue weighted by Gasteiger charge is 2.14. The first kappa shape index (κ1) is 16.1. The Bertz CT molecular complexity index is 875. The van der Waals surface area contributed by atoms with Crippen LogP contribution in [0.1, 0.15) is 16.8 Å². The number of para-hydroxylation sites is 1. The Morgan fingerprint density at radius 2 is 2.04 bits per heavy atom. The molecule has 0 aliphatic heterocycles. The molecule has 0 aliphatic carbocycles. The van der Waals surface area contributed by atoms with Gasteiger partial charge in [-0.25, -0.2) is 4.98 Å². The largest absolute Gasteiger partial charge is 0.469 e. The summed E-state index contributed by atoms with van der Waals surface area (Å²) < 4.78 is 4.58. The summed E-state index contributed by atoms with van der Waals surface area (Å²) in [5.41, 5.74) is 2.08. The lowest BCUT2D eigenvalue weighted by molar-refractivity contribution is -0.140. The zero-order valence-corrected chi connectivity index (χ0v) is 13.9. The van der Waals surface area contributed by atoms with Crippen LogP contribution >= 0.6 is 11.3 Å². The smallest absolute Gasteiger partial charge is 0.307 e. The molecule has 1 amide bonds. The van der Waals surface area contributed by atoms with E-state index < -0.39 is 0 Å². The molecule has 0 atom stereocenters. The number of rotatable bonds is 5. The van der Waals surface area contributed by atoms with Crippen LogP contribution in [0, 0.1) is 0 Å². The Morgan fingerprint density at radius 1 is 1.21 bits per heavy atom. The molecule has 1 N–H and O–H groups in total. The number of carbonyl (C=O) groups is 2. The highest BCUT2D eigenvalue weighted by molar-refractivity contribution is 7.13. The van der Waals surface area contributed by atoms with Gasteiger partial charge in [-0.3, -0.25) is 9.59 Å². The fourth-order valence-corrected chi connectivity index (χ4v) is 3.08. The molecule has 0 bridgehead atoms. The van der Waals surface area contributed by atoms with Crippen molar-refractivity contribution in [2.75, 3.05) is 13.7 Å². The van der Waals surface area contributed by atoms with E-state index in [2.05, 4.69) is 15.0 Å². The number of nitrogens with one attached hydrogen (secondary N) is 1. The Morgan fingerprint density at radius 3 is 2.79 bits per heavy atom. The molecule has 0 fully saturated rings. The summed E-state index contributed by atoms with van der Waals surface area (Å²) >= 11 is 1.57. The Kier molecular flexibility index (Phi) is 4.86. The molecule has 24 heavy (non-hydrogen) atoms. The summed E-state index contributed by atoms with van der Waals surface area (Å²) in [5.74, 6) is -0.579. The van der Waals surface area contributed by atoms with Gasteiger partial charge in [0.2, 0.25) is 0 Å². The quantitative estimate of drug-likeness (QED) is 0.724. The van der Waals surface area contributed by atoms with Gasteiger partial charge in [-0.05, 0) is 23.6 Å². The molecule has 0 spiro atoms. The predicted octanol–water partition coefficient (Wildman–Crippen LogP) is 3.26. The average Bonchev–Trinajstić information content (AvgIpc) is 3.15. The highest BCUT2D eigenvalue weighted by Crippen LogP contribution is 2.27. The minimum absolute atomic E-state index is 0.142. The molecule has 3 rings (SSSR count). The normalized spacial score (nSPS) is 10.5. The van der Waals surface area contributed by atoms with Gasteiger partial charge in [0.1, 0.15) is 0 Å². The van der Waals surface area contributed by atoms with Crippen molar-refractivity contribution in [3.8, 4) is 10.6 Å². The highest BCUT2D eigenvalue weighted by atomic mass is 32.1. The number of pyridine rings is 1. The van der Waals surface area contributed by atoms with Crippen LogP contribution in [0.2, 0.25) is 0 Å². The first-order valence-corrected chi connectivity index (χ1v) is 8.35. The van der Waals surface area contributed by atoms with Crippen molar-refractivity contribution in [1.82, 2.24) is 10.3 Å². The Balaban J connectivity index is 1.93. The summed E-state index contributed by atoms with van der Waals surface area (Å²) in [6, 6.07) is 13.2. The third kappa shape index (κ3) is 3.44. The van der Waals surface area contributed by atoms with E-state index in [0.717, 1.165) is 21.5 Å². The van der Waals surface area contributed by atoms with Crippen molar-refractivity contribution >= 4 is 34.1 Å². The summed E-state index contributed by atoms with van der Waals surface area (Å²) in [6.45, 7) is 0.233. The molecule has 2 heterocycles. The van der Waals surface area contributed by atoms with E-state index in [1.165, 1.54) is 7.11 Å². The van der Waals surface area contributed by atoms with Crippen LogP contribution < -0.4 is 5.32 Å². The van der Waals surface area contributed by atoms with E-state index in [0.29, 0.717) is 5.56 Å². The van der Waals surface area contributed by atoms with E-state index in [1.807, 2.05) is 41.8 Å². The van der Waals surface area contributed by atoms with E-state index in [4.69, 9.17) is 0 Å². The molecule has 0 radical (unpaired) electrons. The van der Waals surface area contributed by atoms with Crippen LogP contribution in [0.3, 0.4) is 0 Å². The van der Waals surface area contributed by atoms with Crippen molar-refractivity contribution < 1.29 is 14.3 Å². The van der Waals surface area contributed by atoms with Crippen molar-refractivity contribution in [3.05, 3.63) is 53.4 Å². The number of esters is 1. The monoisotopic (exact) mass is 340 g/mol. The maximum Gasteiger partial charge on any atom is 0.307 e. The van der Waals surface area contributed by atoms with Crippen LogP contribution in [-0.4, -0.2) is 30.5 Å². The van der Waals surface area contributed by atoms with Crippen molar-refractivity contribution in [2.45, 2.75) is 6.42 Å². The minimum Gasteiger partial charge on any atom is -0.469 e. The van der Waals surface area contributed by atoms with Crippen LogP contribution in [0.15, 0.2) is 47.8 Å². The third-order valence-electron chi connectivity index (χ3n) is 3.58. The molecule has 0 saturated heterocycles. The van der Waals surface area contributed by atoms with E-state index in [-0.39, 0.29) is 24.8 Å². The Labute approximate surface area is 143 Å². The second-order valence-electron chi connectivity index (χ2n) is 5.13. The number of amides is 1. The molecular weight excluding hydrogens is 324 g/mol. The summed E-state index contributed by atoms with van der Waals surface area (Å²) in [4.78, 5) is 29.4. The van der Waals surface area contributed by atoms with Gasteiger partial charge in [0, 0.05) is 11.9 Å². The molecule has 2 aromatic heterocycles. The van der Waals surface area contributed by atoms with Gasteiger partial charge in [-0.2, -0.15) is 0 Å². The maximum atomic E-state index is 12.6. The third-order valence-corrected chi connectivity index (χ3v) is 4.47. The number of thiophene rings is 1. The number of ether oxygens (including phenoxy) is 1. The molecule has 122 valence electrons. The Hall–Kier alpha value is -2.73. The summed E-state index contributed by atoms with van der Waals surface area (Å²) in [7, 11) is 1.33. The number of fused-ring (bicyclic) bond motifs is 1. The van der Waals surface area contributed by atoms with Crippen molar-refractivity contribution in [3.63, 3.8) is 0 Å². The summed E-state index contributed by atoms with van der Waals surface area (Å²) in [5, 5.41) is 5.52. The van der Waals surface area contributed by atoms with Gasteiger partial charge in [0.05, 0.1) is 35.2 Å². The number of hydrogen-bond donors (Lipinski definition) is 1. The summed E-state index contributed by atoms with van der Waals surface area (Å²) in [6.07, 6.45) is 0.142. The topological polar surface area (TPSA) is 68.3 Å². The van der Waals surface area contributed by atoms with Crippen molar-refractivity contribution in [1.29, 1.82) is 0 Å². The lowest BCUT2D eigenvalue weighted by Gasteiger charge is -2.09. The van der Waals surface area contributed by atoms with E-state index >= 15 is 0 Å². The van der Waals surface area contributed by atoms with Crippen molar-refractivity contribution in [2.24, 2.45) is 0 Å². The lowest BCUT2D eigenvalue weighted by atomic mass is 10.1. The van der Waals surface area contributed by atoms with Crippen LogP contribution in [-0.2, 0) is 9.53 Å². The molecule has 0 aliphatic rings. The first-order chi connectivity index (χ1) is 11.7. The maximum absolute atomic E-state index is 12.6. The van der Waals surface area contributed by atoms with E-state index in [9.17, 15) is 9.59 Å². The van der Waals surface area contributed by atoms with Gasteiger partial charge in [0.15, 0.2) is 0 Å². The molecule has 3 aromatic rings. The lowest BCUT2D eigenvalue weighted by Crippen LogP contribution is -2.26. The number of methoxy groups -OCH3 is 1. The molecule has 1 aromatic carbocycles. The van der Waals surface area contributed by atoms with Crippen LogP contribution in [0.25, 0.3) is 21.5 Å². The second-order valence-corrected chi connectivity index (χ2v) is 6.08. The predicted molar refractivity (Wildman–Crippen MR) is 94.0 cm³/mol. The second kappa shape index (κ2) is 7.23. The fraction of sp³-hybridized carbons (Fsp3) is 0.167. The van der Waals surface area contributed by atoms with Crippen LogP contribution in [0.4, 0.5) is 0 Å². The number of aromatic nitrogens is 1. The van der Waals surface area contributed by atoms with Gasteiger partial charge in [0.25, 0.3) is 5.91 Å². The number of nitrogens with zero attached hydrogens (tertiary/aromatic N) is 1. The number of benzene rings is 1. The number of carbonyl (C=O) groups excluding carboxylic acids is 2. The van der Waals surface area contributed by atoms with Crippen LogP contribution in [0.5, 0.6) is 0 Å². The van der Waals surface area contributed by atoms with E-state index in [1.54, 1.807) is 17.4 Å². The molecule has 6 heteroatoms. The van der Waals surface area contributed by atoms with Gasteiger partial charge >= 0.3 is 5.97 Å². The molecule has 0 saturated carbocycles. The number of hydrogen-bond acceptors (Lipinski definition) is 5. The zero-order chi connectivity index (χ0) is 16.9. The molecule has 0 unspecified atom stereocenters. The SMILES string of the molecule is COC(=O)CCNC(=O)c1cc(-c2cccs2)nc2ccccc12. The zero-order valence-electron chi connectivity index (χ0n) is 13.1. The van der Waals surface area contributed by atoms with Gasteiger partial charge < -0.3 is 10.1 Å².